The molecular weight excluding hydrogens is 481 g/mol. The Morgan fingerprint density at radius 2 is 1.85 bits per heavy atom. The lowest BCUT2D eigenvalue weighted by Crippen LogP contribution is -2.32. The average molecular weight is 509 g/mol. The molecule has 0 aliphatic carbocycles. The minimum Gasteiger partial charge on any atom is -0.347 e. The zero-order chi connectivity index (χ0) is 23.3. The molecule has 0 N–H and O–H groups in total. The summed E-state index contributed by atoms with van der Waals surface area (Å²) < 4.78 is 39.3. The molecule has 2 heterocycles. The third-order valence-electron chi connectivity index (χ3n) is 5.65. The molecule has 0 unspecified atom stereocenters. The van der Waals surface area contributed by atoms with Crippen molar-refractivity contribution in [2.45, 2.75) is 51.6 Å². The number of nitro benzene ring substituents is 1. The third kappa shape index (κ3) is 7.00. The van der Waals surface area contributed by atoms with Crippen LogP contribution in [0.1, 0.15) is 51.0 Å². The number of alkyl halides is 3. The highest BCUT2D eigenvalue weighted by atomic mass is 35.5. The van der Waals surface area contributed by atoms with Crippen LogP contribution in [0.2, 0.25) is 0 Å². The predicted molar refractivity (Wildman–Crippen MR) is 127 cm³/mol. The van der Waals surface area contributed by atoms with Crippen LogP contribution in [0.25, 0.3) is 10.1 Å². The fraction of sp³-hybridized carbons (Fsp3) is 0.619. The van der Waals surface area contributed by atoms with E-state index < -0.39 is 27.9 Å². The molecule has 12 heteroatoms. The smallest absolute Gasteiger partial charge is 0.347 e. The molecule has 7 nitrogen and oxygen atoms in total. The van der Waals surface area contributed by atoms with E-state index in [-0.39, 0.29) is 22.5 Å². The first-order valence-corrected chi connectivity index (χ1v) is 11.7. The van der Waals surface area contributed by atoms with E-state index in [1.807, 2.05) is 4.90 Å². The van der Waals surface area contributed by atoms with Crippen molar-refractivity contribution in [2.75, 3.05) is 37.6 Å². The van der Waals surface area contributed by atoms with E-state index in [2.05, 4.69) is 16.8 Å². The number of hydrogen-bond donors (Lipinski definition) is 0. The van der Waals surface area contributed by atoms with Gasteiger partial charge in [-0.3, -0.25) is 14.9 Å². The highest BCUT2D eigenvalue weighted by Crippen LogP contribution is 2.38. The highest BCUT2D eigenvalue weighted by molar-refractivity contribution is 7.22. The van der Waals surface area contributed by atoms with Crippen LogP contribution in [0.5, 0.6) is 0 Å². The molecule has 184 valence electrons. The molecule has 0 atom stereocenters. The molecule has 1 saturated heterocycles. The average Bonchev–Trinajstić information content (AvgIpc) is 2.98. The number of halogens is 4. The lowest BCUT2D eigenvalue weighted by Gasteiger charge is -2.22. The van der Waals surface area contributed by atoms with Crippen molar-refractivity contribution >= 4 is 44.6 Å². The fourth-order valence-corrected chi connectivity index (χ4v) is 5.02. The quantitative estimate of drug-likeness (QED) is 0.266. The molecule has 0 bridgehead atoms. The Bertz CT molecular complexity index is 1020. The Kier molecular flexibility index (Phi) is 9.86. The van der Waals surface area contributed by atoms with Crippen molar-refractivity contribution in [3.63, 3.8) is 0 Å². The van der Waals surface area contributed by atoms with Gasteiger partial charge in [0.15, 0.2) is 5.13 Å². The first-order valence-electron chi connectivity index (χ1n) is 10.9. The summed E-state index contributed by atoms with van der Waals surface area (Å²) in [6.07, 6.45) is 2.08. The number of nitrogens with zero attached hydrogens (tertiary/aromatic N) is 4. The molecule has 1 aliphatic rings. The lowest BCUT2D eigenvalue weighted by atomic mass is 10.1. The first kappa shape index (κ1) is 27.3. The molecule has 1 fully saturated rings. The number of rotatable bonds is 8. The summed E-state index contributed by atoms with van der Waals surface area (Å²) in [6.45, 7) is 6.13. The van der Waals surface area contributed by atoms with Crippen LogP contribution in [-0.2, 0) is 6.18 Å². The summed E-state index contributed by atoms with van der Waals surface area (Å²) in [5.74, 6) is 0. The van der Waals surface area contributed by atoms with Gasteiger partial charge in [0.25, 0.3) is 11.2 Å². The minimum atomic E-state index is -4.79. The maximum Gasteiger partial charge on any atom is 0.416 e. The summed E-state index contributed by atoms with van der Waals surface area (Å²) in [7, 11) is 0. The second-order valence-corrected chi connectivity index (χ2v) is 9.00. The largest absolute Gasteiger partial charge is 0.416 e. The highest BCUT2D eigenvalue weighted by Gasteiger charge is 2.34. The SMILES string of the molecule is CCCCCCCN1CCCN(c2nc(=O)c3cc(C(F)(F)F)cc([N+](=O)[O-])c3s2)CC1.Cl. The standard InChI is InChI=1S/C21H27F3N4O3S.ClH/c1-2-3-4-5-6-8-26-9-7-10-27(12-11-26)20-25-19(29)16-13-15(21(22,23)24)14-17(28(30)31)18(16)32-20;/h13-14H,2-12H2,1H3;1H. The zero-order valence-electron chi connectivity index (χ0n) is 18.4. The molecule has 1 aliphatic heterocycles. The maximum absolute atomic E-state index is 13.1. The Balaban J connectivity index is 0.00000385. The number of hydrogen-bond acceptors (Lipinski definition) is 7. The van der Waals surface area contributed by atoms with Crippen LogP contribution in [0.15, 0.2) is 16.9 Å². The minimum absolute atomic E-state index is 0. The van der Waals surface area contributed by atoms with Crippen LogP contribution in [0.3, 0.4) is 0 Å². The van der Waals surface area contributed by atoms with Gasteiger partial charge in [-0.1, -0.05) is 43.9 Å². The first-order chi connectivity index (χ1) is 15.2. The Hall–Kier alpha value is -1.98. The molecule has 0 spiro atoms. The van der Waals surface area contributed by atoms with Crippen LogP contribution in [0, 0.1) is 10.1 Å². The molecule has 1 aromatic heterocycles. The number of benzene rings is 1. The lowest BCUT2D eigenvalue weighted by molar-refractivity contribution is -0.383. The molecular formula is C21H28ClF3N4O3S. The molecule has 2 aromatic rings. The summed E-state index contributed by atoms with van der Waals surface area (Å²) in [4.78, 5) is 31.4. The van der Waals surface area contributed by atoms with Gasteiger partial charge in [-0.15, -0.1) is 12.4 Å². The summed E-state index contributed by atoms with van der Waals surface area (Å²) in [5.41, 5.74) is -2.82. The van der Waals surface area contributed by atoms with Crippen LogP contribution < -0.4 is 10.5 Å². The van der Waals surface area contributed by atoms with E-state index in [1.165, 1.54) is 25.7 Å². The molecule has 33 heavy (non-hydrogen) atoms. The van der Waals surface area contributed by atoms with Crippen molar-refractivity contribution < 1.29 is 18.1 Å². The third-order valence-corrected chi connectivity index (χ3v) is 6.82. The Morgan fingerprint density at radius 1 is 1.12 bits per heavy atom. The summed E-state index contributed by atoms with van der Waals surface area (Å²) in [5, 5.41) is 11.4. The van der Waals surface area contributed by atoms with Gasteiger partial charge in [0, 0.05) is 25.7 Å². The normalized spacial score (nSPS) is 15.3. The van der Waals surface area contributed by atoms with E-state index in [0.717, 1.165) is 43.8 Å². The molecule has 3 rings (SSSR count). The van der Waals surface area contributed by atoms with Crippen molar-refractivity contribution in [3.05, 3.63) is 38.2 Å². The number of aromatic nitrogens is 1. The van der Waals surface area contributed by atoms with Crippen molar-refractivity contribution in [1.82, 2.24) is 9.88 Å². The van der Waals surface area contributed by atoms with Gasteiger partial charge in [-0.25, -0.2) is 0 Å². The predicted octanol–water partition coefficient (Wildman–Crippen LogP) is 5.49. The molecule has 0 amide bonds. The van der Waals surface area contributed by atoms with Gasteiger partial charge in [-0.2, -0.15) is 18.2 Å². The van der Waals surface area contributed by atoms with Gasteiger partial charge in [0.2, 0.25) is 0 Å². The van der Waals surface area contributed by atoms with Gasteiger partial charge in [0.1, 0.15) is 4.70 Å². The van der Waals surface area contributed by atoms with Crippen LogP contribution in [0.4, 0.5) is 24.0 Å². The Morgan fingerprint density at radius 3 is 2.52 bits per heavy atom. The van der Waals surface area contributed by atoms with Gasteiger partial charge >= 0.3 is 6.18 Å². The molecule has 0 saturated carbocycles. The number of non-ortho nitro benzene ring substituents is 1. The Labute approximate surface area is 200 Å². The zero-order valence-corrected chi connectivity index (χ0v) is 20.0. The maximum atomic E-state index is 13.1. The van der Waals surface area contributed by atoms with Crippen molar-refractivity contribution in [1.29, 1.82) is 0 Å². The number of nitro groups is 1. The summed E-state index contributed by atoms with van der Waals surface area (Å²) in [6, 6.07) is 1.14. The van der Waals surface area contributed by atoms with Gasteiger partial charge in [0.05, 0.1) is 15.9 Å². The van der Waals surface area contributed by atoms with E-state index in [9.17, 15) is 28.1 Å². The van der Waals surface area contributed by atoms with Gasteiger partial charge in [-0.05, 0) is 32.0 Å². The topological polar surface area (TPSA) is 79.6 Å². The number of unbranched alkanes of at least 4 members (excludes halogenated alkanes) is 4. The van der Waals surface area contributed by atoms with E-state index in [1.54, 1.807) is 0 Å². The summed E-state index contributed by atoms with van der Waals surface area (Å²) >= 11 is 0.907. The fourth-order valence-electron chi connectivity index (χ4n) is 3.90. The monoisotopic (exact) mass is 508 g/mol. The number of anilines is 1. The van der Waals surface area contributed by atoms with Crippen LogP contribution >= 0.6 is 23.7 Å². The molecule has 1 aromatic carbocycles. The van der Waals surface area contributed by atoms with Crippen molar-refractivity contribution in [3.8, 4) is 0 Å². The number of fused-ring (bicyclic) bond motifs is 1. The van der Waals surface area contributed by atoms with E-state index in [4.69, 9.17) is 0 Å². The van der Waals surface area contributed by atoms with E-state index >= 15 is 0 Å². The van der Waals surface area contributed by atoms with Crippen LogP contribution in [-0.4, -0.2) is 47.5 Å². The second-order valence-electron chi connectivity index (χ2n) is 8.02. The van der Waals surface area contributed by atoms with Crippen molar-refractivity contribution in [2.24, 2.45) is 0 Å². The van der Waals surface area contributed by atoms with E-state index in [0.29, 0.717) is 30.4 Å². The second kappa shape index (κ2) is 11.9. The molecule has 0 radical (unpaired) electrons. The van der Waals surface area contributed by atoms with Gasteiger partial charge < -0.3 is 9.80 Å².